The minimum Gasteiger partial charge on any atom is -0.393 e. The van der Waals surface area contributed by atoms with Crippen LogP contribution in [0.4, 0.5) is 13.2 Å². The number of rotatable bonds is 4. The first-order valence-corrected chi connectivity index (χ1v) is 11.7. The molecule has 0 aromatic heterocycles. The molecule has 4 aliphatic carbocycles. The van der Waals surface area contributed by atoms with Gasteiger partial charge in [0.25, 0.3) is 0 Å². The number of alkyl halides is 3. The third-order valence-electron chi connectivity index (χ3n) is 9.68. The van der Waals surface area contributed by atoms with Crippen LogP contribution >= 0.6 is 0 Å². The number of halogens is 3. The molecule has 3 fully saturated rings. The van der Waals surface area contributed by atoms with Crippen molar-refractivity contribution in [3.63, 3.8) is 0 Å². The van der Waals surface area contributed by atoms with Crippen molar-refractivity contribution >= 4 is 0 Å². The molecule has 166 valence electrons. The highest BCUT2D eigenvalue weighted by molar-refractivity contribution is 5.25. The lowest BCUT2D eigenvalue weighted by atomic mass is 9.47. The zero-order chi connectivity index (χ0) is 21.0. The summed E-state index contributed by atoms with van der Waals surface area (Å²) in [5.74, 6) is 2.53. The molecular weight excluding hydrogens is 377 g/mol. The largest absolute Gasteiger partial charge is 0.414 e. The highest BCUT2D eigenvalue weighted by atomic mass is 19.4. The molecule has 4 rings (SSSR count). The molecule has 5 heteroatoms. The summed E-state index contributed by atoms with van der Waals surface area (Å²) >= 11 is 0. The van der Waals surface area contributed by atoms with E-state index in [-0.39, 0.29) is 23.4 Å². The minimum atomic E-state index is -4.49. The van der Waals surface area contributed by atoms with Gasteiger partial charge in [-0.05, 0) is 98.7 Å². The predicted molar refractivity (Wildman–Crippen MR) is 107 cm³/mol. The summed E-state index contributed by atoms with van der Waals surface area (Å²) in [7, 11) is 0. The van der Waals surface area contributed by atoms with Crippen molar-refractivity contribution in [1.29, 1.82) is 0 Å². The number of hydrogen-bond donors (Lipinski definition) is 2. The van der Waals surface area contributed by atoms with Gasteiger partial charge in [0.15, 0.2) is 0 Å². The topological polar surface area (TPSA) is 40.5 Å². The third-order valence-corrected chi connectivity index (χ3v) is 9.68. The molecule has 0 amide bonds. The van der Waals surface area contributed by atoms with Gasteiger partial charge in [0.2, 0.25) is 0 Å². The van der Waals surface area contributed by atoms with E-state index in [4.69, 9.17) is 0 Å². The summed E-state index contributed by atoms with van der Waals surface area (Å²) < 4.78 is 37.8. The Hall–Kier alpha value is -0.550. The van der Waals surface area contributed by atoms with Crippen molar-refractivity contribution in [2.45, 2.75) is 103 Å². The second kappa shape index (κ2) is 7.55. The summed E-state index contributed by atoms with van der Waals surface area (Å²) in [5, 5.41) is 19.4. The van der Waals surface area contributed by atoms with Crippen LogP contribution < -0.4 is 0 Å². The van der Waals surface area contributed by atoms with Crippen molar-refractivity contribution in [2.75, 3.05) is 0 Å². The molecule has 2 nitrogen and oxygen atoms in total. The van der Waals surface area contributed by atoms with Gasteiger partial charge in [0, 0.05) is 0 Å². The molecule has 0 aliphatic heterocycles. The molecule has 29 heavy (non-hydrogen) atoms. The lowest BCUT2D eigenvalue weighted by molar-refractivity contribution is -0.205. The molecule has 4 aliphatic rings. The maximum atomic E-state index is 12.6. The van der Waals surface area contributed by atoms with Gasteiger partial charge in [0.05, 0.1) is 6.10 Å². The summed E-state index contributed by atoms with van der Waals surface area (Å²) in [6.07, 6.45) is 5.35. The van der Waals surface area contributed by atoms with Gasteiger partial charge >= 0.3 is 6.18 Å². The fraction of sp³-hybridized carbons (Fsp3) is 0.917. The van der Waals surface area contributed by atoms with Crippen molar-refractivity contribution in [2.24, 2.45) is 34.5 Å². The monoisotopic (exact) mass is 414 g/mol. The molecule has 0 saturated heterocycles. The third kappa shape index (κ3) is 3.69. The van der Waals surface area contributed by atoms with Gasteiger partial charge in [0.1, 0.15) is 6.10 Å². The van der Waals surface area contributed by atoms with Crippen molar-refractivity contribution < 1.29 is 23.4 Å². The van der Waals surface area contributed by atoms with E-state index in [0.29, 0.717) is 30.1 Å². The Morgan fingerprint density at radius 2 is 1.86 bits per heavy atom. The highest BCUT2D eigenvalue weighted by Crippen LogP contribution is 2.66. The average Bonchev–Trinajstić information content (AvgIpc) is 2.98. The lowest BCUT2D eigenvalue weighted by Crippen LogP contribution is -2.50. The van der Waals surface area contributed by atoms with Gasteiger partial charge < -0.3 is 10.2 Å². The van der Waals surface area contributed by atoms with E-state index in [9.17, 15) is 23.4 Å². The maximum absolute atomic E-state index is 12.6. The number of hydrogen-bond acceptors (Lipinski definition) is 2. The van der Waals surface area contributed by atoms with E-state index < -0.39 is 12.3 Å². The van der Waals surface area contributed by atoms with E-state index in [0.717, 1.165) is 38.5 Å². The molecule has 0 radical (unpaired) electrons. The van der Waals surface area contributed by atoms with Crippen LogP contribution in [0.1, 0.15) is 84.5 Å². The summed E-state index contributed by atoms with van der Waals surface area (Å²) in [6, 6.07) is 0. The van der Waals surface area contributed by atoms with Crippen molar-refractivity contribution in [1.82, 2.24) is 0 Å². The van der Waals surface area contributed by atoms with Crippen LogP contribution in [-0.4, -0.2) is 28.6 Å². The quantitative estimate of drug-likeness (QED) is 0.552. The van der Waals surface area contributed by atoms with Gasteiger partial charge in [-0.25, -0.2) is 0 Å². The summed E-state index contributed by atoms with van der Waals surface area (Å²) in [6.45, 7) is 4.83. The Balaban J connectivity index is 1.43. The van der Waals surface area contributed by atoms with E-state index in [1.807, 2.05) is 0 Å². The molecule has 3 saturated carbocycles. The first kappa shape index (κ1) is 21.7. The fourth-order valence-corrected chi connectivity index (χ4v) is 7.95. The van der Waals surface area contributed by atoms with Crippen LogP contribution in [0.5, 0.6) is 0 Å². The minimum absolute atomic E-state index is 0.167. The molecule has 0 heterocycles. The second-order valence-corrected chi connectivity index (χ2v) is 11.0. The Morgan fingerprint density at radius 3 is 2.59 bits per heavy atom. The molecule has 0 aromatic rings. The Kier molecular flexibility index (Phi) is 5.64. The molecular formula is C24H37F3O2. The molecule has 8 atom stereocenters. The van der Waals surface area contributed by atoms with Crippen LogP contribution in [0.3, 0.4) is 0 Å². The van der Waals surface area contributed by atoms with Gasteiger partial charge in [-0.1, -0.05) is 31.9 Å². The van der Waals surface area contributed by atoms with E-state index in [1.165, 1.54) is 24.8 Å². The lowest BCUT2D eigenvalue weighted by Gasteiger charge is -2.58. The standard InChI is InChI=1S/C24H37F3O2/c1-22-13-11-20-18(8-6-16-14-17(28)10-12-23(16,20)2)19(22)9-7-15(22)4-3-5-21(29)24(25,26)27/h6,15,17-21,28-29H,3-5,7-14H2,1-2H3/t15?,17?,18?,19?,20-,21-,22?,23-/m0/s1. The number of aliphatic hydroxyl groups excluding tert-OH is 2. The fourth-order valence-electron chi connectivity index (χ4n) is 7.95. The zero-order valence-electron chi connectivity index (χ0n) is 17.8. The SMILES string of the molecule is CC12CC[C@H]3C(CC=C4CC(O)CC[C@@]43C)C1CCC2CCC[C@H](O)C(F)(F)F. The smallest absolute Gasteiger partial charge is 0.393 e. The van der Waals surface area contributed by atoms with Gasteiger partial charge in [-0.3, -0.25) is 0 Å². The first-order chi connectivity index (χ1) is 13.6. The van der Waals surface area contributed by atoms with Gasteiger partial charge in [-0.15, -0.1) is 0 Å². The summed E-state index contributed by atoms with van der Waals surface area (Å²) in [5.41, 5.74) is 1.95. The van der Waals surface area contributed by atoms with Crippen LogP contribution in [0.25, 0.3) is 0 Å². The van der Waals surface area contributed by atoms with Crippen LogP contribution in [0, 0.1) is 34.5 Å². The van der Waals surface area contributed by atoms with Crippen LogP contribution in [0.2, 0.25) is 0 Å². The number of aliphatic hydroxyl groups is 2. The van der Waals surface area contributed by atoms with Crippen LogP contribution in [0.15, 0.2) is 11.6 Å². The number of allylic oxidation sites excluding steroid dienone is 1. The molecule has 0 spiro atoms. The van der Waals surface area contributed by atoms with Crippen molar-refractivity contribution in [3.05, 3.63) is 11.6 Å². The number of fused-ring (bicyclic) bond motifs is 5. The van der Waals surface area contributed by atoms with E-state index >= 15 is 0 Å². The molecule has 0 aromatic carbocycles. The predicted octanol–water partition coefficient (Wildman–Crippen LogP) is 6.02. The normalized spacial score (nSPS) is 45.8. The Morgan fingerprint density at radius 1 is 1.10 bits per heavy atom. The summed E-state index contributed by atoms with van der Waals surface area (Å²) in [4.78, 5) is 0. The van der Waals surface area contributed by atoms with E-state index in [2.05, 4.69) is 19.9 Å². The van der Waals surface area contributed by atoms with E-state index in [1.54, 1.807) is 0 Å². The second-order valence-electron chi connectivity index (χ2n) is 11.0. The Labute approximate surface area is 173 Å². The van der Waals surface area contributed by atoms with Crippen molar-refractivity contribution in [3.8, 4) is 0 Å². The molecule has 0 bridgehead atoms. The first-order valence-electron chi connectivity index (χ1n) is 11.7. The molecule has 2 N–H and O–H groups in total. The highest BCUT2D eigenvalue weighted by Gasteiger charge is 2.58. The zero-order valence-corrected chi connectivity index (χ0v) is 17.8. The van der Waals surface area contributed by atoms with Crippen LogP contribution in [-0.2, 0) is 0 Å². The van der Waals surface area contributed by atoms with Gasteiger partial charge in [-0.2, -0.15) is 13.2 Å². The average molecular weight is 415 g/mol. The maximum Gasteiger partial charge on any atom is 0.414 e. The molecule has 5 unspecified atom stereocenters. The Bertz CT molecular complexity index is 645.